The summed E-state index contributed by atoms with van der Waals surface area (Å²) in [5.74, 6) is 0.938. The Morgan fingerprint density at radius 3 is 2.00 bits per heavy atom. The maximum Gasteiger partial charge on any atom is 0.260 e. The van der Waals surface area contributed by atoms with Crippen LogP contribution in [0, 0.1) is 5.82 Å². The number of carbonyl (C=O) groups excluding carboxylic acids is 2. The molecule has 0 atom stereocenters. The smallest absolute Gasteiger partial charge is 0.260 e. The van der Waals surface area contributed by atoms with Gasteiger partial charge in [0.05, 0.1) is 13.0 Å². The van der Waals surface area contributed by atoms with E-state index in [9.17, 15) is 14.0 Å². The second-order valence-electron chi connectivity index (χ2n) is 7.11. The molecule has 0 N–H and O–H groups in total. The van der Waals surface area contributed by atoms with E-state index in [-0.39, 0.29) is 30.7 Å². The van der Waals surface area contributed by atoms with E-state index in [0.29, 0.717) is 45.0 Å². The summed E-state index contributed by atoms with van der Waals surface area (Å²) in [6.07, 6.45) is 0.943. The molecule has 1 fully saturated rings. The number of hydrogen-bond acceptors (Lipinski definition) is 4. The van der Waals surface area contributed by atoms with E-state index in [0.717, 1.165) is 11.3 Å². The fraction of sp³-hybridized carbons (Fsp3) is 0.391. The second-order valence-corrected chi connectivity index (χ2v) is 7.11. The number of halogens is 1. The summed E-state index contributed by atoms with van der Waals surface area (Å²) in [5, 5.41) is 0. The van der Waals surface area contributed by atoms with Crippen LogP contribution in [0.4, 0.5) is 4.39 Å². The Morgan fingerprint density at radius 1 is 0.833 bits per heavy atom. The molecule has 0 spiro atoms. The zero-order chi connectivity index (χ0) is 21.3. The number of rotatable bonds is 7. The molecule has 1 aliphatic rings. The Morgan fingerprint density at radius 2 is 1.40 bits per heavy atom. The lowest BCUT2D eigenvalue weighted by molar-refractivity contribution is -0.134. The van der Waals surface area contributed by atoms with E-state index >= 15 is 0 Å². The van der Waals surface area contributed by atoms with Gasteiger partial charge in [-0.25, -0.2) is 4.39 Å². The van der Waals surface area contributed by atoms with Crippen LogP contribution in [0.1, 0.15) is 18.9 Å². The van der Waals surface area contributed by atoms with Crippen molar-refractivity contribution in [1.82, 2.24) is 9.80 Å². The van der Waals surface area contributed by atoms with Gasteiger partial charge in [-0.15, -0.1) is 0 Å². The highest BCUT2D eigenvalue weighted by Crippen LogP contribution is 2.17. The van der Waals surface area contributed by atoms with Crippen molar-refractivity contribution in [1.29, 1.82) is 0 Å². The molecular weight excluding hydrogens is 387 g/mol. The zero-order valence-electron chi connectivity index (χ0n) is 17.2. The minimum Gasteiger partial charge on any atom is -0.494 e. The largest absolute Gasteiger partial charge is 0.494 e. The highest BCUT2D eigenvalue weighted by atomic mass is 19.1. The zero-order valence-corrected chi connectivity index (χ0v) is 17.2. The SMILES string of the molecule is CCOc1ccc(OCC(=O)N2CCCN(C(=O)Cc3ccc(F)cc3)CC2)cc1. The van der Waals surface area contributed by atoms with Gasteiger partial charge in [0.2, 0.25) is 5.91 Å². The van der Waals surface area contributed by atoms with Gasteiger partial charge in [0, 0.05) is 26.2 Å². The van der Waals surface area contributed by atoms with Gasteiger partial charge in [-0.2, -0.15) is 0 Å². The number of carbonyl (C=O) groups is 2. The van der Waals surface area contributed by atoms with Gasteiger partial charge in [0.25, 0.3) is 5.91 Å². The number of benzene rings is 2. The van der Waals surface area contributed by atoms with Crippen LogP contribution < -0.4 is 9.47 Å². The molecule has 1 aliphatic heterocycles. The quantitative estimate of drug-likeness (QED) is 0.699. The Labute approximate surface area is 176 Å². The van der Waals surface area contributed by atoms with Gasteiger partial charge in [0.1, 0.15) is 17.3 Å². The van der Waals surface area contributed by atoms with Gasteiger partial charge < -0.3 is 19.3 Å². The van der Waals surface area contributed by atoms with E-state index in [1.54, 1.807) is 46.2 Å². The highest BCUT2D eigenvalue weighted by Gasteiger charge is 2.22. The first-order chi connectivity index (χ1) is 14.5. The molecule has 2 amide bonds. The van der Waals surface area contributed by atoms with Crippen molar-refractivity contribution in [2.45, 2.75) is 19.8 Å². The lowest BCUT2D eigenvalue weighted by atomic mass is 10.1. The molecule has 160 valence electrons. The molecule has 0 aromatic heterocycles. The molecule has 0 radical (unpaired) electrons. The normalized spacial score (nSPS) is 14.2. The Balaban J connectivity index is 1.46. The maximum absolute atomic E-state index is 13.0. The molecular formula is C23H27FN2O4. The Kier molecular flexibility index (Phi) is 7.65. The lowest BCUT2D eigenvalue weighted by Crippen LogP contribution is -2.39. The fourth-order valence-electron chi connectivity index (χ4n) is 3.34. The number of ether oxygens (including phenoxy) is 2. The van der Waals surface area contributed by atoms with Crippen molar-refractivity contribution < 1.29 is 23.5 Å². The summed E-state index contributed by atoms with van der Waals surface area (Å²) < 4.78 is 24.0. The summed E-state index contributed by atoms with van der Waals surface area (Å²) in [4.78, 5) is 28.6. The van der Waals surface area contributed by atoms with Crippen molar-refractivity contribution >= 4 is 11.8 Å². The van der Waals surface area contributed by atoms with E-state index in [4.69, 9.17) is 9.47 Å². The van der Waals surface area contributed by atoms with Crippen LogP contribution in [-0.4, -0.2) is 61.0 Å². The minimum absolute atomic E-state index is 0.0125. The molecule has 0 aliphatic carbocycles. The molecule has 0 unspecified atom stereocenters. The Hall–Kier alpha value is -3.09. The topological polar surface area (TPSA) is 59.1 Å². The second kappa shape index (κ2) is 10.6. The van der Waals surface area contributed by atoms with Crippen LogP contribution in [0.3, 0.4) is 0 Å². The average Bonchev–Trinajstić information content (AvgIpc) is 3.01. The van der Waals surface area contributed by atoms with Crippen LogP contribution >= 0.6 is 0 Å². The predicted molar refractivity (Wildman–Crippen MR) is 111 cm³/mol. The van der Waals surface area contributed by atoms with Gasteiger partial charge in [-0.1, -0.05) is 12.1 Å². The monoisotopic (exact) mass is 414 g/mol. The van der Waals surface area contributed by atoms with Crippen molar-refractivity contribution in [2.75, 3.05) is 39.4 Å². The number of nitrogens with zero attached hydrogens (tertiary/aromatic N) is 2. The van der Waals surface area contributed by atoms with E-state index < -0.39 is 0 Å². The number of amides is 2. The third-order valence-corrected chi connectivity index (χ3v) is 4.97. The van der Waals surface area contributed by atoms with E-state index in [2.05, 4.69) is 0 Å². The summed E-state index contributed by atoms with van der Waals surface area (Å²) in [6, 6.07) is 13.1. The predicted octanol–water partition coefficient (Wildman–Crippen LogP) is 2.91. The molecule has 2 aromatic rings. The third kappa shape index (κ3) is 6.20. The molecule has 3 rings (SSSR count). The maximum atomic E-state index is 13.0. The van der Waals surface area contributed by atoms with E-state index in [1.807, 2.05) is 6.92 Å². The van der Waals surface area contributed by atoms with Crippen LogP contribution in [0.2, 0.25) is 0 Å². The molecule has 7 heteroatoms. The lowest BCUT2D eigenvalue weighted by Gasteiger charge is -2.22. The molecule has 1 saturated heterocycles. The summed E-state index contributed by atoms with van der Waals surface area (Å²) in [7, 11) is 0. The molecule has 0 saturated carbocycles. The molecule has 2 aromatic carbocycles. The van der Waals surface area contributed by atoms with Crippen molar-refractivity contribution in [3.8, 4) is 11.5 Å². The molecule has 1 heterocycles. The molecule has 0 bridgehead atoms. The standard InChI is InChI=1S/C23H27FN2O4/c1-2-29-20-8-10-21(11-9-20)30-17-23(28)26-13-3-12-25(14-15-26)22(27)16-18-4-6-19(24)7-5-18/h4-11H,2-3,12-17H2,1H3. The summed E-state index contributed by atoms with van der Waals surface area (Å²) in [5.41, 5.74) is 0.780. The average molecular weight is 414 g/mol. The van der Waals surface area contributed by atoms with Crippen molar-refractivity contribution in [3.63, 3.8) is 0 Å². The first-order valence-corrected chi connectivity index (χ1v) is 10.2. The molecule has 30 heavy (non-hydrogen) atoms. The van der Waals surface area contributed by atoms with Crippen LogP contribution in [0.15, 0.2) is 48.5 Å². The first-order valence-electron chi connectivity index (χ1n) is 10.2. The third-order valence-electron chi connectivity index (χ3n) is 4.97. The molecule has 6 nitrogen and oxygen atoms in total. The van der Waals surface area contributed by atoms with Gasteiger partial charge in [-0.05, 0) is 55.3 Å². The van der Waals surface area contributed by atoms with Crippen molar-refractivity contribution in [3.05, 3.63) is 59.9 Å². The summed E-state index contributed by atoms with van der Waals surface area (Å²) >= 11 is 0. The van der Waals surface area contributed by atoms with Crippen molar-refractivity contribution in [2.24, 2.45) is 0 Å². The number of hydrogen-bond donors (Lipinski definition) is 0. The Bertz CT molecular complexity index is 839. The van der Waals surface area contributed by atoms with Gasteiger partial charge >= 0.3 is 0 Å². The summed E-state index contributed by atoms with van der Waals surface area (Å²) in [6.45, 7) is 4.61. The van der Waals surface area contributed by atoms with Crippen LogP contribution in [0.25, 0.3) is 0 Å². The van der Waals surface area contributed by atoms with Gasteiger partial charge in [0.15, 0.2) is 6.61 Å². The highest BCUT2D eigenvalue weighted by molar-refractivity contribution is 5.80. The minimum atomic E-state index is -0.317. The van der Waals surface area contributed by atoms with Gasteiger partial charge in [-0.3, -0.25) is 9.59 Å². The van der Waals surface area contributed by atoms with Crippen LogP contribution in [-0.2, 0) is 16.0 Å². The van der Waals surface area contributed by atoms with E-state index in [1.165, 1.54) is 12.1 Å². The van der Waals surface area contributed by atoms with Crippen LogP contribution in [0.5, 0.6) is 11.5 Å². The first kappa shape index (κ1) is 21.6. The fourth-order valence-corrected chi connectivity index (χ4v) is 3.34.